The van der Waals surface area contributed by atoms with Crippen LogP contribution in [0.5, 0.6) is 6.01 Å². The number of aryl methyl sites for hydroxylation is 1. The lowest BCUT2D eigenvalue weighted by Crippen LogP contribution is -2.15. The number of hydrogen-bond acceptors (Lipinski definition) is 8. The zero-order valence-electron chi connectivity index (χ0n) is 11.7. The van der Waals surface area contributed by atoms with Gasteiger partial charge in [0, 0.05) is 7.05 Å². The van der Waals surface area contributed by atoms with Crippen LogP contribution >= 0.6 is 0 Å². The number of aromatic nitrogens is 6. The number of nitrogens with two attached hydrogens (primary N) is 1. The van der Waals surface area contributed by atoms with E-state index in [1.54, 1.807) is 6.33 Å². The summed E-state index contributed by atoms with van der Waals surface area (Å²) in [5.41, 5.74) is 5.64. The molecule has 2 rings (SSSR count). The second-order valence-corrected chi connectivity index (χ2v) is 4.31. The Morgan fingerprint density at radius 1 is 1.40 bits per heavy atom. The van der Waals surface area contributed by atoms with Crippen LogP contribution in [0, 0.1) is 0 Å². The summed E-state index contributed by atoms with van der Waals surface area (Å²) in [4.78, 5) is 12.1. The van der Waals surface area contributed by atoms with Crippen molar-refractivity contribution in [2.24, 2.45) is 7.05 Å². The molecule has 1 unspecified atom stereocenters. The topological polar surface area (TPSA) is 117 Å². The standard InChI is InChI=1S/C11H18N8O/c1-4-5-20-11-16-9(12)15-10(17-11)14-7(2)8-18-13-6-19(8)3/h6-7H,4-5H2,1-3H3,(H3,12,14,15,16,17). The fourth-order valence-corrected chi connectivity index (χ4v) is 1.64. The summed E-state index contributed by atoms with van der Waals surface area (Å²) in [5.74, 6) is 1.22. The number of nitrogen functional groups attached to an aromatic ring is 1. The third kappa shape index (κ3) is 3.31. The molecule has 0 aliphatic heterocycles. The number of hydrogen-bond donors (Lipinski definition) is 2. The van der Waals surface area contributed by atoms with Crippen molar-refractivity contribution >= 4 is 11.9 Å². The van der Waals surface area contributed by atoms with Crippen LogP contribution in [0.2, 0.25) is 0 Å². The number of nitrogens with one attached hydrogen (secondary N) is 1. The lowest BCUT2D eigenvalue weighted by atomic mass is 10.3. The normalized spacial score (nSPS) is 12.2. The third-order valence-corrected chi connectivity index (χ3v) is 2.55. The van der Waals surface area contributed by atoms with E-state index in [0.29, 0.717) is 12.6 Å². The van der Waals surface area contributed by atoms with Crippen LogP contribution in [0.4, 0.5) is 11.9 Å². The molecule has 9 heteroatoms. The van der Waals surface area contributed by atoms with Gasteiger partial charge in [-0.25, -0.2) is 0 Å². The average molecular weight is 278 g/mol. The van der Waals surface area contributed by atoms with Crippen molar-refractivity contribution < 1.29 is 4.74 Å². The molecule has 0 saturated carbocycles. The second-order valence-electron chi connectivity index (χ2n) is 4.31. The van der Waals surface area contributed by atoms with Gasteiger partial charge in [0.25, 0.3) is 0 Å². The van der Waals surface area contributed by atoms with Gasteiger partial charge in [-0.15, -0.1) is 10.2 Å². The second kappa shape index (κ2) is 6.13. The highest BCUT2D eigenvalue weighted by Crippen LogP contribution is 2.16. The van der Waals surface area contributed by atoms with E-state index < -0.39 is 0 Å². The molecule has 20 heavy (non-hydrogen) atoms. The van der Waals surface area contributed by atoms with Crippen molar-refractivity contribution in [2.75, 3.05) is 17.7 Å². The maximum absolute atomic E-state index is 5.64. The van der Waals surface area contributed by atoms with Gasteiger partial charge >= 0.3 is 6.01 Å². The first-order valence-electron chi connectivity index (χ1n) is 6.35. The van der Waals surface area contributed by atoms with Gasteiger partial charge in [0.15, 0.2) is 5.82 Å². The number of rotatable bonds is 6. The van der Waals surface area contributed by atoms with Crippen LogP contribution in [0.3, 0.4) is 0 Å². The quantitative estimate of drug-likeness (QED) is 0.786. The average Bonchev–Trinajstić information content (AvgIpc) is 2.82. The van der Waals surface area contributed by atoms with Crippen LogP contribution in [0.15, 0.2) is 6.33 Å². The lowest BCUT2D eigenvalue weighted by molar-refractivity contribution is 0.292. The largest absolute Gasteiger partial charge is 0.463 e. The van der Waals surface area contributed by atoms with E-state index in [4.69, 9.17) is 10.5 Å². The first kappa shape index (κ1) is 14.0. The Labute approximate surface area is 116 Å². The molecule has 0 saturated heterocycles. The summed E-state index contributed by atoms with van der Waals surface area (Å²) < 4.78 is 7.17. The van der Waals surface area contributed by atoms with Crippen LogP contribution in [0.25, 0.3) is 0 Å². The first-order valence-corrected chi connectivity index (χ1v) is 6.35. The van der Waals surface area contributed by atoms with Gasteiger partial charge in [-0.2, -0.15) is 15.0 Å². The van der Waals surface area contributed by atoms with Gasteiger partial charge in [-0.1, -0.05) is 6.92 Å². The van der Waals surface area contributed by atoms with Crippen LogP contribution in [-0.4, -0.2) is 36.3 Å². The Morgan fingerprint density at radius 2 is 2.20 bits per heavy atom. The molecule has 0 spiro atoms. The number of nitrogens with zero attached hydrogens (tertiary/aromatic N) is 6. The molecule has 0 aliphatic carbocycles. The van der Waals surface area contributed by atoms with E-state index in [9.17, 15) is 0 Å². The van der Waals surface area contributed by atoms with Gasteiger partial charge in [0.2, 0.25) is 11.9 Å². The molecule has 2 heterocycles. The van der Waals surface area contributed by atoms with E-state index in [2.05, 4.69) is 30.5 Å². The fourth-order valence-electron chi connectivity index (χ4n) is 1.64. The number of anilines is 2. The van der Waals surface area contributed by atoms with Gasteiger partial charge in [-0.05, 0) is 13.3 Å². The van der Waals surface area contributed by atoms with Crippen molar-refractivity contribution in [2.45, 2.75) is 26.3 Å². The number of ether oxygens (including phenoxy) is 1. The summed E-state index contributed by atoms with van der Waals surface area (Å²) >= 11 is 0. The van der Waals surface area contributed by atoms with Gasteiger partial charge < -0.3 is 20.4 Å². The molecule has 0 radical (unpaired) electrons. The Hall–Kier alpha value is -2.45. The van der Waals surface area contributed by atoms with E-state index in [0.717, 1.165) is 12.2 Å². The van der Waals surface area contributed by atoms with Crippen molar-refractivity contribution in [3.05, 3.63) is 12.2 Å². The zero-order valence-corrected chi connectivity index (χ0v) is 11.7. The molecule has 0 fully saturated rings. The molecule has 0 bridgehead atoms. The molecule has 0 amide bonds. The molecule has 0 aromatic carbocycles. The van der Waals surface area contributed by atoms with E-state index >= 15 is 0 Å². The van der Waals surface area contributed by atoms with Crippen molar-refractivity contribution in [3.63, 3.8) is 0 Å². The zero-order chi connectivity index (χ0) is 14.5. The molecular weight excluding hydrogens is 260 g/mol. The highest BCUT2D eigenvalue weighted by atomic mass is 16.5. The molecule has 108 valence electrons. The minimum atomic E-state index is -0.122. The monoisotopic (exact) mass is 278 g/mol. The summed E-state index contributed by atoms with van der Waals surface area (Å²) in [6.45, 7) is 4.46. The maximum atomic E-state index is 5.64. The van der Waals surface area contributed by atoms with E-state index in [1.807, 2.05) is 25.5 Å². The summed E-state index contributed by atoms with van der Waals surface area (Å²) in [5, 5.41) is 11.0. The SMILES string of the molecule is CCCOc1nc(N)nc(NC(C)c2nncn2C)n1. The molecule has 2 aromatic rings. The Morgan fingerprint density at radius 3 is 2.85 bits per heavy atom. The summed E-state index contributed by atoms with van der Waals surface area (Å²) in [6, 6.07) is 0.0929. The van der Waals surface area contributed by atoms with Gasteiger partial charge in [0.05, 0.1) is 12.6 Å². The van der Waals surface area contributed by atoms with Crippen LogP contribution in [-0.2, 0) is 7.05 Å². The molecule has 3 N–H and O–H groups in total. The van der Waals surface area contributed by atoms with Gasteiger partial charge in [-0.3, -0.25) is 0 Å². The third-order valence-electron chi connectivity index (χ3n) is 2.55. The van der Waals surface area contributed by atoms with Crippen molar-refractivity contribution in [3.8, 4) is 6.01 Å². The molecule has 2 aromatic heterocycles. The predicted molar refractivity (Wildman–Crippen MR) is 73.1 cm³/mol. The van der Waals surface area contributed by atoms with Crippen LogP contribution in [0.1, 0.15) is 32.1 Å². The molecular formula is C11H18N8O. The maximum Gasteiger partial charge on any atom is 0.323 e. The summed E-state index contributed by atoms with van der Waals surface area (Å²) in [7, 11) is 1.87. The fraction of sp³-hybridized carbons (Fsp3) is 0.545. The minimum Gasteiger partial charge on any atom is -0.463 e. The highest BCUT2D eigenvalue weighted by Gasteiger charge is 2.14. The highest BCUT2D eigenvalue weighted by molar-refractivity contribution is 5.34. The summed E-state index contributed by atoms with van der Waals surface area (Å²) in [6.07, 6.45) is 2.49. The minimum absolute atomic E-state index is 0.110. The van der Waals surface area contributed by atoms with Gasteiger partial charge in [0.1, 0.15) is 6.33 Å². The van der Waals surface area contributed by atoms with Crippen molar-refractivity contribution in [1.29, 1.82) is 0 Å². The smallest absolute Gasteiger partial charge is 0.323 e. The van der Waals surface area contributed by atoms with E-state index in [-0.39, 0.29) is 18.0 Å². The lowest BCUT2D eigenvalue weighted by Gasteiger charge is -2.13. The Bertz CT molecular complexity index is 569. The molecule has 9 nitrogen and oxygen atoms in total. The Kier molecular flexibility index (Phi) is 4.28. The molecule has 0 aliphatic rings. The van der Waals surface area contributed by atoms with E-state index in [1.165, 1.54) is 0 Å². The van der Waals surface area contributed by atoms with Crippen molar-refractivity contribution in [1.82, 2.24) is 29.7 Å². The predicted octanol–water partition coefficient (Wildman–Crippen LogP) is 0.544. The first-order chi connectivity index (χ1) is 9.60. The Balaban J connectivity index is 2.12. The molecule has 1 atom stereocenters. The van der Waals surface area contributed by atoms with Crippen LogP contribution < -0.4 is 15.8 Å².